The zero-order valence-corrected chi connectivity index (χ0v) is 6.70. The molecular formula is C6H12N2O4. The van der Waals surface area contributed by atoms with E-state index in [1.54, 1.807) is 7.05 Å². The number of carboxylic acid groups (broad SMARTS) is 1. The van der Waals surface area contributed by atoms with Crippen molar-refractivity contribution in [1.29, 1.82) is 0 Å². The fraction of sp³-hybridized carbons (Fsp3) is 0.667. The highest BCUT2D eigenvalue weighted by Gasteiger charge is 2.13. The number of carboxylic acids is 1. The van der Waals surface area contributed by atoms with E-state index in [9.17, 15) is 9.59 Å². The molecule has 0 fully saturated rings. The van der Waals surface area contributed by atoms with Crippen LogP contribution in [0, 0.1) is 0 Å². The van der Waals surface area contributed by atoms with E-state index in [0.717, 1.165) is 0 Å². The van der Waals surface area contributed by atoms with Gasteiger partial charge >= 0.3 is 5.97 Å². The van der Waals surface area contributed by atoms with Crippen LogP contribution in [-0.4, -0.2) is 48.3 Å². The third kappa shape index (κ3) is 4.64. The molecule has 1 amide bonds. The van der Waals surface area contributed by atoms with E-state index >= 15 is 0 Å². The molecule has 0 aromatic carbocycles. The molecule has 0 radical (unpaired) electrons. The Hall–Kier alpha value is -1.14. The minimum Gasteiger partial charge on any atom is -0.479 e. The van der Waals surface area contributed by atoms with E-state index in [0.29, 0.717) is 0 Å². The van der Waals surface area contributed by atoms with Gasteiger partial charge in [0.05, 0.1) is 13.1 Å². The monoisotopic (exact) mass is 176 g/mol. The van der Waals surface area contributed by atoms with E-state index in [1.165, 1.54) is 0 Å². The Morgan fingerprint density at radius 3 is 2.50 bits per heavy atom. The smallest absolute Gasteiger partial charge is 0.334 e. The summed E-state index contributed by atoms with van der Waals surface area (Å²) in [7, 11) is 1.59. The first-order valence-electron chi connectivity index (χ1n) is 3.40. The number of carbonyl (C=O) groups excluding carboxylic acids is 1. The van der Waals surface area contributed by atoms with Crippen molar-refractivity contribution >= 4 is 11.9 Å². The molecule has 0 aliphatic heterocycles. The molecule has 0 aliphatic rings. The Labute approximate surface area is 69.6 Å². The van der Waals surface area contributed by atoms with Crippen LogP contribution in [0.1, 0.15) is 0 Å². The molecule has 0 aliphatic carbocycles. The lowest BCUT2D eigenvalue weighted by atomic mass is 10.3. The molecule has 0 saturated heterocycles. The number of carbonyl (C=O) groups is 2. The normalized spacial score (nSPS) is 12.2. The van der Waals surface area contributed by atoms with Gasteiger partial charge in [0.15, 0.2) is 6.10 Å². The number of rotatable bonds is 5. The van der Waals surface area contributed by atoms with E-state index in [-0.39, 0.29) is 19.0 Å². The van der Waals surface area contributed by atoms with Gasteiger partial charge in [-0.15, -0.1) is 0 Å². The molecule has 6 heteroatoms. The van der Waals surface area contributed by atoms with E-state index in [2.05, 4.69) is 10.6 Å². The Balaban J connectivity index is 3.54. The highest BCUT2D eigenvalue weighted by molar-refractivity contribution is 5.79. The predicted molar refractivity (Wildman–Crippen MR) is 40.6 cm³/mol. The number of aliphatic hydroxyl groups is 1. The lowest BCUT2D eigenvalue weighted by Crippen LogP contribution is -2.39. The zero-order chi connectivity index (χ0) is 9.56. The quantitative estimate of drug-likeness (QED) is 0.380. The first-order valence-corrected chi connectivity index (χ1v) is 3.40. The summed E-state index contributed by atoms with van der Waals surface area (Å²) in [6.07, 6.45) is -1.54. The van der Waals surface area contributed by atoms with Gasteiger partial charge < -0.3 is 20.8 Å². The van der Waals surface area contributed by atoms with Crippen molar-refractivity contribution in [3.8, 4) is 0 Å². The Morgan fingerprint density at radius 2 is 2.08 bits per heavy atom. The van der Waals surface area contributed by atoms with Crippen molar-refractivity contribution in [2.45, 2.75) is 6.10 Å². The molecule has 0 spiro atoms. The second-order valence-electron chi connectivity index (χ2n) is 2.19. The van der Waals surface area contributed by atoms with Crippen LogP contribution >= 0.6 is 0 Å². The van der Waals surface area contributed by atoms with Gasteiger partial charge in [-0.05, 0) is 7.05 Å². The average Bonchev–Trinajstić information content (AvgIpc) is 2.00. The van der Waals surface area contributed by atoms with Gasteiger partial charge in [0.2, 0.25) is 5.91 Å². The van der Waals surface area contributed by atoms with Crippen LogP contribution in [0.3, 0.4) is 0 Å². The first-order chi connectivity index (χ1) is 5.57. The summed E-state index contributed by atoms with van der Waals surface area (Å²) in [5, 5.41) is 21.7. The van der Waals surface area contributed by atoms with Crippen molar-refractivity contribution in [2.24, 2.45) is 0 Å². The van der Waals surface area contributed by atoms with Gasteiger partial charge in [-0.25, -0.2) is 4.79 Å². The maximum atomic E-state index is 10.7. The molecule has 0 aromatic rings. The summed E-state index contributed by atoms with van der Waals surface area (Å²) in [5.74, 6) is -1.70. The molecular weight excluding hydrogens is 164 g/mol. The van der Waals surface area contributed by atoms with Gasteiger partial charge in [0.25, 0.3) is 0 Å². The lowest BCUT2D eigenvalue weighted by Gasteiger charge is -2.06. The SMILES string of the molecule is CNCC(=O)NCC(O)C(=O)O. The standard InChI is InChI=1S/C6H12N2O4/c1-7-3-5(10)8-2-4(9)6(11)12/h4,7,9H,2-3H2,1H3,(H,8,10)(H,11,12). The third-order valence-corrected chi connectivity index (χ3v) is 1.11. The van der Waals surface area contributed by atoms with Gasteiger partial charge in [0.1, 0.15) is 0 Å². The van der Waals surface area contributed by atoms with Gasteiger partial charge in [0, 0.05) is 0 Å². The Bertz CT molecular complexity index is 171. The van der Waals surface area contributed by atoms with Crippen LogP contribution in [0.5, 0.6) is 0 Å². The fourth-order valence-corrected chi connectivity index (χ4v) is 0.521. The third-order valence-electron chi connectivity index (χ3n) is 1.11. The summed E-state index contributed by atoms with van der Waals surface area (Å²) >= 11 is 0. The highest BCUT2D eigenvalue weighted by Crippen LogP contribution is 1.78. The van der Waals surface area contributed by atoms with Crippen molar-refractivity contribution in [3.05, 3.63) is 0 Å². The topological polar surface area (TPSA) is 98.7 Å². The van der Waals surface area contributed by atoms with E-state index in [1.807, 2.05) is 0 Å². The largest absolute Gasteiger partial charge is 0.479 e. The second kappa shape index (κ2) is 5.50. The molecule has 12 heavy (non-hydrogen) atoms. The molecule has 6 nitrogen and oxygen atoms in total. The molecule has 4 N–H and O–H groups in total. The van der Waals surface area contributed by atoms with Gasteiger partial charge in [-0.1, -0.05) is 0 Å². The molecule has 1 unspecified atom stereocenters. The number of likely N-dealkylation sites (N-methyl/N-ethyl adjacent to an activating group) is 1. The van der Waals surface area contributed by atoms with Crippen LogP contribution in [-0.2, 0) is 9.59 Å². The van der Waals surface area contributed by atoms with Crippen LogP contribution in [0.2, 0.25) is 0 Å². The van der Waals surface area contributed by atoms with Crippen molar-refractivity contribution in [3.63, 3.8) is 0 Å². The molecule has 1 atom stereocenters. The van der Waals surface area contributed by atoms with Crippen molar-refractivity contribution < 1.29 is 19.8 Å². The van der Waals surface area contributed by atoms with Crippen LogP contribution in [0.25, 0.3) is 0 Å². The van der Waals surface area contributed by atoms with Gasteiger partial charge in [-0.3, -0.25) is 4.79 Å². The summed E-state index contributed by atoms with van der Waals surface area (Å²) < 4.78 is 0. The summed E-state index contributed by atoms with van der Waals surface area (Å²) in [6.45, 7) is -0.164. The van der Waals surface area contributed by atoms with Gasteiger partial charge in [-0.2, -0.15) is 0 Å². The average molecular weight is 176 g/mol. The molecule has 0 rings (SSSR count). The minimum atomic E-state index is -1.54. The zero-order valence-electron chi connectivity index (χ0n) is 6.70. The maximum Gasteiger partial charge on any atom is 0.334 e. The van der Waals surface area contributed by atoms with Crippen LogP contribution < -0.4 is 10.6 Å². The summed E-state index contributed by atoms with van der Waals surface area (Å²) in [6, 6.07) is 0. The molecule has 70 valence electrons. The number of nitrogens with one attached hydrogen (secondary N) is 2. The highest BCUT2D eigenvalue weighted by atomic mass is 16.4. The van der Waals surface area contributed by atoms with E-state index < -0.39 is 12.1 Å². The van der Waals surface area contributed by atoms with Crippen molar-refractivity contribution in [2.75, 3.05) is 20.1 Å². The second-order valence-corrected chi connectivity index (χ2v) is 2.19. The van der Waals surface area contributed by atoms with Crippen molar-refractivity contribution in [1.82, 2.24) is 10.6 Å². The fourth-order valence-electron chi connectivity index (χ4n) is 0.521. The summed E-state index contributed by atoms with van der Waals surface area (Å²) in [5.41, 5.74) is 0. The molecule has 0 heterocycles. The lowest BCUT2D eigenvalue weighted by molar-refractivity contribution is -0.146. The summed E-state index contributed by atoms with van der Waals surface area (Å²) in [4.78, 5) is 20.7. The number of hydrogen-bond donors (Lipinski definition) is 4. The predicted octanol–water partition coefficient (Wildman–Crippen LogP) is -2.23. The minimum absolute atomic E-state index is 0.104. The Kier molecular flexibility index (Phi) is 4.98. The number of hydrogen-bond acceptors (Lipinski definition) is 4. The maximum absolute atomic E-state index is 10.7. The first kappa shape index (κ1) is 10.9. The number of amides is 1. The Morgan fingerprint density at radius 1 is 1.50 bits per heavy atom. The molecule has 0 bridgehead atoms. The number of aliphatic hydroxyl groups excluding tert-OH is 1. The van der Waals surface area contributed by atoms with Crippen LogP contribution in [0.4, 0.5) is 0 Å². The molecule has 0 aromatic heterocycles. The number of aliphatic carboxylic acids is 1. The van der Waals surface area contributed by atoms with E-state index in [4.69, 9.17) is 10.2 Å². The van der Waals surface area contributed by atoms with Crippen LogP contribution in [0.15, 0.2) is 0 Å². The molecule has 0 saturated carbocycles.